The Bertz CT molecular complexity index is 221. The highest BCUT2D eigenvalue weighted by atomic mass is 32.1. The minimum Gasteiger partial charge on any atom is -0.473 e. The van der Waals surface area contributed by atoms with E-state index < -0.39 is 0 Å². The predicted molar refractivity (Wildman–Crippen MR) is 46.4 cm³/mol. The zero-order valence-corrected chi connectivity index (χ0v) is 7.51. The van der Waals surface area contributed by atoms with Crippen molar-refractivity contribution in [3.63, 3.8) is 0 Å². The molecule has 0 radical (unpaired) electrons. The molecule has 66 valence electrons. The highest BCUT2D eigenvalue weighted by Gasteiger charge is 2.14. The molecule has 12 heavy (non-hydrogen) atoms. The number of piperidine rings is 1. The van der Waals surface area contributed by atoms with Crippen LogP contribution < -0.4 is 10.1 Å². The maximum atomic E-state index is 5.59. The van der Waals surface area contributed by atoms with E-state index in [2.05, 4.69) is 14.1 Å². The molecule has 0 saturated carbocycles. The van der Waals surface area contributed by atoms with Crippen molar-refractivity contribution in [2.75, 3.05) is 13.1 Å². The summed E-state index contributed by atoms with van der Waals surface area (Å²) < 4.78 is 13.5. The smallest absolute Gasteiger partial charge is 0.245 e. The molecule has 0 aromatic carbocycles. The van der Waals surface area contributed by atoms with Gasteiger partial charge < -0.3 is 10.1 Å². The van der Waals surface area contributed by atoms with E-state index in [-0.39, 0.29) is 0 Å². The number of hydrogen-bond acceptors (Lipinski definition) is 5. The van der Waals surface area contributed by atoms with Crippen LogP contribution in [0.4, 0.5) is 0 Å². The molecular weight excluding hydrogens is 174 g/mol. The molecule has 0 amide bonds. The maximum Gasteiger partial charge on any atom is 0.245 e. The monoisotopic (exact) mass is 185 g/mol. The molecule has 1 aromatic heterocycles. The standard InChI is InChI=1S/C7H11N3OS/c1-3-8-4-2-6(1)11-7-5-9-12-10-7/h5-6,8H,1-4H2. The molecule has 2 heterocycles. The number of hydrogen-bond donors (Lipinski definition) is 1. The molecule has 0 spiro atoms. The van der Waals surface area contributed by atoms with Gasteiger partial charge in [0.2, 0.25) is 5.88 Å². The van der Waals surface area contributed by atoms with Crippen LogP contribution in [0.2, 0.25) is 0 Å². The Balaban J connectivity index is 1.86. The summed E-state index contributed by atoms with van der Waals surface area (Å²) in [5.41, 5.74) is 0. The molecule has 1 N–H and O–H groups in total. The number of nitrogens with zero attached hydrogens (tertiary/aromatic N) is 2. The number of aromatic nitrogens is 2. The number of ether oxygens (including phenoxy) is 1. The molecule has 1 fully saturated rings. The third-order valence-corrected chi connectivity index (χ3v) is 2.38. The Hall–Kier alpha value is -0.680. The van der Waals surface area contributed by atoms with Crippen molar-refractivity contribution in [2.45, 2.75) is 18.9 Å². The van der Waals surface area contributed by atoms with Gasteiger partial charge in [-0.25, -0.2) is 0 Å². The zero-order valence-electron chi connectivity index (χ0n) is 6.69. The normalized spacial score (nSPS) is 19.3. The van der Waals surface area contributed by atoms with E-state index in [0.717, 1.165) is 25.9 Å². The van der Waals surface area contributed by atoms with Gasteiger partial charge in [0.1, 0.15) is 12.3 Å². The van der Waals surface area contributed by atoms with Gasteiger partial charge in [0, 0.05) is 0 Å². The van der Waals surface area contributed by atoms with Crippen molar-refractivity contribution in [1.82, 2.24) is 14.1 Å². The van der Waals surface area contributed by atoms with Crippen molar-refractivity contribution >= 4 is 11.7 Å². The summed E-state index contributed by atoms with van der Waals surface area (Å²) >= 11 is 1.19. The van der Waals surface area contributed by atoms with E-state index in [0.29, 0.717) is 12.0 Å². The topological polar surface area (TPSA) is 47.0 Å². The Labute approximate surface area is 75.3 Å². The lowest BCUT2D eigenvalue weighted by Crippen LogP contribution is -2.34. The summed E-state index contributed by atoms with van der Waals surface area (Å²) in [5.74, 6) is 0.673. The lowest BCUT2D eigenvalue weighted by molar-refractivity contribution is 0.157. The SMILES string of the molecule is c1nsnc1OC1CCNCC1. The van der Waals surface area contributed by atoms with Gasteiger partial charge in [0.25, 0.3) is 0 Å². The summed E-state index contributed by atoms with van der Waals surface area (Å²) in [6.07, 6.45) is 4.14. The van der Waals surface area contributed by atoms with Crippen molar-refractivity contribution < 1.29 is 4.74 Å². The largest absolute Gasteiger partial charge is 0.473 e. The third-order valence-electron chi connectivity index (χ3n) is 1.91. The number of nitrogens with one attached hydrogen (secondary N) is 1. The van der Waals surface area contributed by atoms with Crippen LogP contribution in [0, 0.1) is 0 Å². The lowest BCUT2D eigenvalue weighted by atomic mass is 10.1. The fraction of sp³-hybridized carbons (Fsp3) is 0.714. The summed E-state index contributed by atoms with van der Waals surface area (Å²) in [7, 11) is 0. The van der Waals surface area contributed by atoms with Crippen molar-refractivity contribution in [2.24, 2.45) is 0 Å². The average Bonchev–Trinajstić information content (AvgIpc) is 2.59. The van der Waals surface area contributed by atoms with Crippen LogP contribution in [0.5, 0.6) is 5.88 Å². The summed E-state index contributed by atoms with van der Waals surface area (Å²) in [6.45, 7) is 2.09. The second kappa shape index (κ2) is 3.82. The molecule has 0 unspecified atom stereocenters. The van der Waals surface area contributed by atoms with Crippen LogP contribution >= 0.6 is 11.7 Å². The molecule has 1 saturated heterocycles. The van der Waals surface area contributed by atoms with Gasteiger partial charge in [-0.15, -0.1) is 4.37 Å². The highest BCUT2D eigenvalue weighted by molar-refractivity contribution is 6.99. The molecule has 1 aliphatic rings. The van der Waals surface area contributed by atoms with E-state index in [9.17, 15) is 0 Å². The average molecular weight is 185 g/mol. The fourth-order valence-corrected chi connectivity index (χ4v) is 1.65. The minimum atomic E-state index is 0.329. The van der Waals surface area contributed by atoms with Gasteiger partial charge in [-0.2, -0.15) is 4.37 Å². The first-order valence-electron chi connectivity index (χ1n) is 4.10. The molecule has 0 aliphatic carbocycles. The molecule has 0 bridgehead atoms. The molecular formula is C7H11N3OS. The predicted octanol–water partition coefficient (Wildman–Crippen LogP) is 0.669. The Kier molecular flexibility index (Phi) is 2.53. The maximum absolute atomic E-state index is 5.59. The first-order valence-corrected chi connectivity index (χ1v) is 4.83. The minimum absolute atomic E-state index is 0.329. The second-order valence-corrected chi connectivity index (χ2v) is 3.37. The van der Waals surface area contributed by atoms with E-state index in [1.807, 2.05) is 0 Å². The van der Waals surface area contributed by atoms with Crippen molar-refractivity contribution in [3.05, 3.63) is 6.20 Å². The van der Waals surface area contributed by atoms with E-state index >= 15 is 0 Å². The van der Waals surface area contributed by atoms with Gasteiger partial charge >= 0.3 is 0 Å². The Morgan fingerprint density at radius 2 is 2.33 bits per heavy atom. The van der Waals surface area contributed by atoms with E-state index in [1.165, 1.54) is 11.7 Å². The molecule has 0 atom stereocenters. The van der Waals surface area contributed by atoms with Gasteiger partial charge in [0.15, 0.2) is 0 Å². The zero-order chi connectivity index (χ0) is 8.23. The Morgan fingerprint density at radius 3 is 3.00 bits per heavy atom. The fourth-order valence-electron chi connectivity index (χ4n) is 1.29. The molecule has 2 rings (SSSR count). The number of rotatable bonds is 2. The van der Waals surface area contributed by atoms with Crippen molar-refractivity contribution in [1.29, 1.82) is 0 Å². The van der Waals surface area contributed by atoms with Crippen LogP contribution in [0.1, 0.15) is 12.8 Å². The van der Waals surface area contributed by atoms with Crippen LogP contribution in [0.25, 0.3) is 0 Å². The highest BCUT2D eigenvalue weighted by Crippen LogP contribution is 2.13. The Morgan fingerprint density at radius 1 is 1.50 bits per heavy atom. The van der Waals surface area contributed by atoms with Crippen LogP contribution in [-0.2, 0) is 0 Å². The van der Waals surface area contributed by atoms with Crippen LogP contribution in [-0.4, -0.2) is 27.9 Å². The molecule has 1 aliphatic heterocycles. The van der Waals surface area contributed by atoms with E-state index in [1.54, 1.807) is 6.20 Å². The third kappa shape index (κ3) is 1.92. The first kappa shape index (κ1) is 7.94. The van der Waals surface area contributed by atoms with E-state index in [4.69, 9.17) is 4.74 Å². The van der Waals surface area contributed by atoms with Crippen molar-refractivity contribution in [3.8, 4) is 5.88 Å². The molecule has 5 heteroatoms. The molecule has 1 aromatic rings. The summed E-state index contributed by atoms with van der Waals surface area (Å²) in [5, 5.41) is 3.28. The van der Waals surface area contributed by atoms with Gasteiger partial charge in [0.05, 0.1) is 11.7 Å². The lowest BCUT2D eigenvalue weighted by Gasteiger charge is -2.22. The summed E-state index contributed by atoms with van der Waals surface area (Å²) in [4.78, 5) is 0. The van der Waals surface area contributed by atoms with Crippen LogP contribution in [0.15, 0.2) is 6.20 Å². The van der Waals surface area contributed by atoms with Crippen LogP contribution in [0.3, 0.4) is 0 Å². The van der Waals surface area contributed by atoms with Gasteiger partial charge in [-0.1, -0.05) is 0 Å². The molecule has 4 nitrogen and oxygen atoms in total. The summed E-state index contributed by atoms with van der Waals surface area (Å²) in [6, 6.07) is 0. The second-order valence-electron chi connectivity index (χ2n) is 2.81. The quantitative estimate of drug-likeness (QED) is 0.735. The first-order chi connectivity index (χ1) is 5.95. The van der Waals surface area contributed by atoms with Gasteiger partial charge in [-0.3, -0.25) is 0 Å². The van der Waals surface area contributed by atoms with Gasteiger partial charge in [-0.05, 0) is 25.9 Å².